The molecule has 5 rings (SSSR count). The van der Waals surface area contributed by atoms with Crippen molar-refractivity contribution in [2.75, 3.05) is 0 Å². The Bertz CT molecular complexity index is 1100. The van der Waals surface area contributed by atoms with E-state index in [0.717, 1.165) is 30.3 Å². The molecule has 0 aromatic carbocycles. The molecule has 4 saturated carbocycles. The molecule has 0 bridgehead atoms. The van der Waals surface area contributed by atoms with Crippen LogP contribution >= 0.6 is 0 Å². The van der Waals surface area contributed by atoms with Gasteiger partial charge in [0.05, 0.1) is 11.7 Å². The summed E-state index contributed by atoms with van der Waals surface area (Å²) in [6.45, 7) is 22.6. The van der Waals surface area contributed by atoms with E-state index in [4.69, 9.17) is 0 Å². The van der Waals surface area contributed by atoms with Crippen LogP contribution in [0.15, 0.2) is 11.1 Å². The first-order valence-electron chi connectivity index (χ1n) is 18.5. The molecule has 0 aromatic heterocycles. The summed E-state index contributed by atoms with van der Waals surface area (Å²) in [7, 11) is 0. The summed E-state index contributed by atoms with van der Waals surface area (Å²) >= 11 is 0. The third-order valence-electron chi connectivity index (χ3n) is 15.2. The average Bonchev–Trinajstić information content (AvgIpc) is 2.91. The lowest BCUT2D eigenvalue weighted by atomic mass is 9.35. The van der Waals surface area contributed by atoms with Gasteiger partial charge < -0.3 is 5.11 Å². The fourth-order valence-corrected chi connectivity index (χ4v) is 13.0. The number of hydrogen-bond donors (Lipinski definition) is 1. The van der Waals surface area contributed by atoms with E-state index >= 15 is 0 Å². The average molecular weight is 595 g/mol. The van der Waals surface area contributed by atoms with Gasteiger partial charge in [0.25, 0.3) is 0 Å². The Morgan fingerprint density at radius 1 is 1.05 bits per heavy atom. The van der Waals surface area contributed by atoms with Crippen LogP contribution in [0.2, 0.25) is 0 Å². The quantitative estimate of drug-likeness (QED) is 0.298. The zero-order valence-electron chi connectivity index (χ0n) is 29.6. The van der Waals surface area contributed by atoms with Gasteiger partial charge in [-0.15, -0.1) is 0 Å². The first-order valence-corrected chi connectivity index (χ1v) is 18.5. The molecule has 0 radical (unpaired) electrons. The van der Waals surface area contributed by atoms with Crippen LogP contribution in [-0.2, 0) is 9.59 Å². The van der Waals surface area contributed by atoms with E-state index in [0.29, 0.717) is 41.1 Å². The molecule has 5 aliphatic rings. The molecule has 5 aliphatic carbocycles. The Labute approximate surface area is 264 Å². The van der Waals surface area contributed by atoms with Crippen molar-refractivity contribution >= 4 is 11.6 Å². The van der Waals surface area contributed by atoms with Gasteiger partial charge in [-0.2, -0.15) is 0 Å². The van der Waals surface area contributed by atoms with Gasteiger partial charge in [-0.1, -0.05) is 106 Å². The number of Topliss-reactive ketones (excluding diaryl/α,β-unsaturated/α-hetero) is 2. The SMILES string of the molecule is CC(=O)C1=C(C)CC2(C)CC3(C)CC4C(C(C)C)CC(CC(C)CCC5CCCCC5)C(C)C4C(O)C3C(C)C2(C)C1=O. The predicted molar refractivity (Wildman–Crippen MR) is 177 cm³/mol. The van der Waals surface area contributed by atoms with Gasteiger partial charge >= 0.3 is 0 Å². The van der Waals surface area contributed by atoms with Crippen LogP contribution < -0.4 is 0 Å². The highest BCUT2D eigenvalue weighted by molar-refractivity contribution is 6.22. The highest BCUT2D eigenvalue weighted by Gasteiger charge is 2.69. The smallest absolute Gasteiger partial charge is 0.173 e. The lowest BCUT2D eigenvalue weighted by Gasteiger charge is -2.69. The Kier molecular flexibility index (Phi) is 9.32. The Morgan fingerprint density at radius 2 is 1.70 bits per heavy atom. The summed E-state index contributed by atoms with van der Waals surface area (Å²) in [5.41, 5.74) is 0.594. The second-order valence-electron chi connectivity index (χ2n) is 18.2. The molecule has 3 nitrogen and oxygen atoms in total. The molecule has 0 aromatic rings. The van der Waals surface area contributed by atoms with Gasteiger partial charge in [0.1, 0.15) is 0 Å². The summed E-state index contributed by atoms with van der Waals surface area (Å²) in [5.74, 6) is 5.07. The highest BCUT2D eigenvalue weighted by atomic mass is 16.3. The second kappa shape index (κ2) is 12.0. The molecule has 0 aliphatic heterocycles. The van der Waals surface area contributed by atoms with Crippen molar-refractivity contribution < 1.29 is 14.7 Å². The fraction of sp³-hybridized carbons (Fsp3) is 0.900. The van der Waals surface area contributed by atoms with Gasteiger partial charge in [-0.3, -0.25) is 9.59 Å². The van der Waals surface area contributed by atoms with E-state index < -0.39 is 11.5 Å². The zero-order valence-corrected chi connectivity index (χ0v) is 29.6. The number of fused-ring (bicyclic) bond motifs is 3. The molecular formula is C40H66O3. The summed E-state index contributed by atoms with van der Waals surface area (Å²) in [6.07, 6.45) is 15.1. The maximum absolute atomic E-state index is 14.3. The molecule has 244 valence electrons. The Hall–Kier alpha value is -0.960. The van der Waals surface area contributed by atoms with Crippen LogP contribution in [0.1, 0.15) is 146 Å². The van der Waals surface area contributed by atoms with Crippen LogP contribution in [-0.4, -0.2) is 22.8 Å². The molecular weight excluding hydrogens is 528 g/mol. The van der Waals surface area contributed by atoms with Gasteiger partial charge in [-0.25, -0.2) is 0 Å². The molecule has 0 heterocycles. The third-order valence-corrected chi connectivity index (χ3v) is 15.2. The number of aliphatic hydroxyl groups is 1. The number of aliphatic hydroxyl groups excluding tert-OH is 1. The van der Waals surface area contributed by atoms with E-state index in [1.165, 1.54) is 64.2 Å². The number of rotatable bonds is 7. The number of allylic oxidation sites excluding steroid dienone is 2. The van der Waals surface area contributed by atoms with Crippen molar-refractivity contribution in [3.8, 4) is 0 Å². The van der Waals surface area contributed by atoms with Crippen LogP contribution in [0.4, 0.5) is 0 Å². The molecule has 12 unspecified atom stereocenters. The van der Waals surface area contributed by atoms with Gasteiger partial charge in [0, 0.05) is 5.41 Å². The van der Waals surface area contributed by atoms with Crippen molar-refractivity contribution in [1.82, 2.24) is 0 Å². The minimum absolute atomic E-state index is 0.00443. The molecule has 3 heteroatoms. The molecule has 4 fully saturated rings. The monoisotopic (exact) mass is 595 g/mol. The molecule has 12 atom stereocenters. The van der Waals surface area contributed by atoms with E-state index in [1.807, 2.05) is 6.92 Å². The van der Waals surface area contributed by atoms with E-state index in [-0.39, 0.29) is 34.2 Å². The molecule has 0 saturated heterocycles. The summed E-state index contributed by atoms with van der Waals surface area (Å²) in [5, 5.41) is 12.6. The van der Waals surface area contributed by atoms with Gasteiger partial charge in [0.15, 0.2) is 11.6 Å². The van der Waals surface area contributed by atoms with Crippen LogP contribution in [0.5, 0.6) is 0 Å². The van der Waals surface area contributed by atoms with Crippen molar-refractivity contribution in [3.63, 3.8) is 0 Å². The number of carbonyl (C=O) groups excluding carboxylic acids is 2. The minimum Gasteiger partial charge on any atom is -0.392 e. The molecule has 0 amide bonds. The Morgan fingerprint density at radius 3 is 2.30 bits per heavy atom. The van der Waals surface area contributed by atoms with Crippen LogP contribution in [0.3, 0.4) is 0 Å². The summed E-state index contributed by atoms with van der Waals surface area (Å²) in [4.78, 5) is 27.0. The first kappa shape index (κ1) is 33.4. The lowest BCUT2D eigenvalue weighted by molar-refractivity contribution is -0.228. The molecule has 1 N–H and O–H groups in total. The van der Waals surface area contributed by atoms with Crippen LogP contribution in [0, 0.1) is 75.4 Å². The third kappa shape index (κ3) is 5.46. The molecule has 0 spiro atoms. The number of ketones is 2. The summed E-state index contributed by atoms with van der Waals surface area (Å²) in [6, 6.07) is 0. The first-order chi connectivity index (χ1) is 20.1. The van der Waals surface area contributed by atoms with Gasteiger partial charge in [-0.05, 0) is 116 Å². The standard InChI is InChI=1S/C40H66O3/c1-23(2)31-19-30(18-24(3)16-17-29-14-12-11-13-15-29)26(5)34-32(31)21-38(8)22-39(9)20-25(4)33(28(7)41)37(43)40(39,10)27(6)35(38)36(34)42/h23-24,26-27,29-32,34-36,42H,11-22H2,1-10H3. The Balaban J connectivity index is 1.42. The van der Waals surface area contributed by atoms with Crippen molar-refractivity contribution in [2.45, 2.75) is 152 Å². The second-order valence-corrected chi connectivity index (χ2v) is 18.2. The fourth-order valence-electron chi connectivity index (χ4n) is 13.0. The van der Waals surface area contributed by atoms with Crippen molar-refractivity contribution in [2.24, 2.45) is 75.4 Å². The maximum atomic E-state index is 14.3. The predicted octanol–water partition coefficient (Wildman–Crippen LogP) is 9.85. The minimum atomic E-state index is -0.631. The lowest BCUT2D eigenvalue weighted by Crippen LogP contribution is -2.68. The molecule has 43 heavy (non-hydrogen) atoms. The van der Waals surface area contributed by atoms with Crippen molar-refractivity contribution in [3.05, 3.63) is 11.1 Å². The zero-order chi connectivity index (χ0) is 31.6. The van der Waals surface area contributed by atoms with E-state index in [1.54, 1.807) is 6.92 Å². The maximum Gasteiger partial charge on any atom is 0.173 e. The largest absolute Gasteiger partial charge is 0.392 e. The topological polar surface area (TPSA) is 54.4 Å². The van der Waals surface area contributed by atoms with Crippen LogP contribution in [0.25, 0.3) is 0 Å². The van der Waals surface area contributed by atoms with E-state index in [2.05, 4.69) is 55.4 Å². The summed E-state index contributed by atoms with van der Waals surface area (Å²) < 4.78 is 0. The highest BCUT2D eigenvalue weighted by Crippen LogP contribution is 2.72. The normalized spacial score (nSPS) is 46.3. The number of carbonyl (C=O) groups is 2. The number of hydrogen-bond acceptors (Lipinski definition) is 3. The van der Waals surface area contributed by atoms with Gasteiger partial charge in [0.2, 0.25) is 0 Å². The van der Waals surface area contributed by atoms with Crippen molar-refractivity contribution in [1.29, 1.82) is 0 Å². The van der Waals surface area contributed by atoms with E-state index in [9.17, 15) is 14.7 Å².